The van der Waals surface area contributed by atoms with E-state index in [1.807, 2.05) is 0 Å². The summed E-state index contributed by atoms with van der Waals surface area (Å²) in [6.45, 7) is 0. The van der Waals surface area contributed by atoms with Crippen LogP contribution in [0.5, 0.6) is 0 Å². The van der Waals surface area contributed by atoms with Gasteiger partial charge in [0.25, 0.3) is 0 Å². The second-order valence-electron chi connectivity index (χ2n) is 8.91. The third-order valence-electron chi connectivity index (χ3n) is 7.85. The first-order chi connectivity index (χ1) is 10.4. The summed E-state index contributed by atoms with van der Waals surface area (Å²) in [6, 6.07) is 3.36. The highest BCUT2D eigenvalue weighted by Gasteiger charge is 2.52. The first kappa shape index (κ1) is 13.4. The normalized spacial score (nSPS) is 56.0. The standard InChI is InChI=1S/C19H32N2/c1-3-7-16-12(5-1)9-14-11-15-10-13-6-2-4-8-17(13)21-19(15)18(14)20-16/h12-21H,1-11H2. The van der Waals surface area contributed by atoms with Crippen molar-refractivity contribution in [1.82, 2.24) is 10.6 Å². The molecule has 0 amide bonds. The molecule has 0 aromatic rings. The lowest BCUT2D eigenvalue weighted by Gasteiger charge is -2.47. The second kappa shape index (κ2) is 5.23. The molecule has 5 rings (SSSR count). The van der Waals surface area contributed by atoms with Crippen LogP contribution in [0.4, 0.5) is 0 Å². The number of nitrogens with one attached hydrogen (secondary N) is 2. The molecule has 2 saturated heterocycles. The maximum absolute atomic E-state index is 4.15. The van der Waals surface area contributed by atoms with Crippen LogP contribution >= 0.6 is 0 Å². The molecule has 8 unspecified atom stereocenters. The molecule has 0 spiro atoms. The zero-order chi connectivity index (χ0) is 13.8. The molecule has 5 fully saturated rings. The molecule has 8 atom stereocenters. The highest BCUT2D eigenvalue weighted by molar-refractivity contribution is 5.09. The van der Waals surface area contributed by atoms with Gasteiger partial charge in [-0.05, 0) is 68.6 Å². The van der Waals surface area contributed by atoms with E-state index in [9.17, 15) is 0 Å². The smallest absolute Gasteiger partial charge is 0.0255 e. The molecule has 0 bridgehead atoms. The lowest BCUT2D eigenvalue weighted by atomic mass is 9.73. The van der Waals surface area contributed by atoms with Crippen molar-refractivity contribution in [2.75, 3.05) is 0 Å². The molecular formula is C19H32N2. The van der Waals surface area contributed by atoms with Crippen molar-refractivity contribution in [2.24, 2.45) is 23.7 Å². The Morgan fingerprint density at radius 2 is 0.905 bits per heavy atom. The minimum atomic E-state index is 0.817. The third kappa shape index (κ3) is 2.20. The molecule has 0 aromatic heterocycles. The number of fused-ring (bicyclic) bond motifs is 5. The molecule has 2 aliphatic heterocycles. The topological polar surface area (TPSA) is 24.1 Å². The third-order valence-corrected chi connectivity index (χ3v) is 7.85. The molecular weight excluding hydrogens is 256 g/mol. The van der Waals surface area contributed by atoms with Crippen LogP contribution in [0, 0.1) is 23.7 Å². The lowest BCUT2D eigenvalue weighted by Crippen LogP contribution is -2.62. The molecule has 0 radical (unpaired) electrons. The molecule has 2 N–H and O–H groups in total. The fraction of sp³-hybridized carbons (Fsp3) is 1.00. The molecule has 0 aromatic carbocycles. The van der Waals surface area contributed by atoms with Crippen molar-refractivity contribution in [3.63, 3.8) is 0 Å². The van der Waals surface area contributed by atoms with Crippen LogP contribution in [0.15, 0.2) is 0 Å². The summed E-state index contributed by atoms with van der Waals surface area (Å²) in [7, 11) is 0. The predicted molar refractivity (Wildman–Crippen MR) is 86.2 cm³/mol. The van der Waals surface area contributed by atoms with Crippen molar-refractivity contribution in [3.05, 3.63) is 0 Å². The van der Waals surface area contributed by atoms with Crippen LogP contribution in [0.2, 0.25) is 0 Å². The first-order valence-corrected chi connectivity index (χ1v) is 9.90. The van der Waals surface area contributed by atoms with Gasteiger partial charge in [0.1, 0.15) is 0 Å². The maximum Gasteiger partial charge on any atom is 0.0255 e. The van der Waals surface area contributed by atoms with Gasteiger partial charge in [-0.2, -0.15) is 0 Å². The molecule has 5 aliphatic rings. The van der Waals surface area contributed by atoms with Gasteiger partial charge >= 0.3 is 0 Å². The van der Waals surface area contributed by atoms with Crippen molar-refractivity contribution in [1.29, 1.82) is 0 Å². The van der Waals surface area contributed by atoms with E-state index in [4.69, 9.17) is 0 Å². The molecule has 3 saturated carbocycles. The SMILES string of the molecule is C1CCC2NC3C(CC2C1)CC1CC2CCCCC2NC13. The molecule has 3 aliphatic carbocycles. The Hall–Kier alpha value is -0.0800. The second-order valence-corrected chi connectivity index (χ2v) is 8.91. The van der Waals surface area contributed by atoms with Gasteiger partial charge in [0.15, 0.2) is 0 Å². The van der Waals surface area contributed by atoms with Crippen molar-refractivity contribution >= 4 is 0 Å². The Bertz CT molecular complexity index is 359. The van der Waals surface area contributed by atoms with Gasteiger partial charge in [0, 0.05) is 24.2 Å². The maximum atomic E-state index is 4.15. The van der Waals surface area contributed by atoms with E-state index in [2.05, 4.69) is 10.6 Å². The van der Waals surface area contributed by atoms with E-state index < -0.39 is 0 Å². The van der Waals surface area contributed by atoms with E-state index in [0.29, 0.717) is 0 Å². The minimum absolute atomic E-state index is 0.817. The minimum Gasteiger partial charge on any atom is -0.309 e. The fourth-order valence-corrected chi connectivity index (χ4v) is 6.92. The number of hydrogen-bond acceptors (Lipinski definition) is 2. The van der Waals surface area contributed by atoms with Crippen LogP contribution in [0.3, 0.4) is 0 Å². The Kier molecular flexibility index (Phi) is 3.33. The molecule has 118 valence electrons. The van der Waals surface area contributed by atoms with Crippen LogP contribution in [-0.4, -0.2) is 24.2 Å². The zero-order valence-electron chi connectivity index (χ0n) is 13.4. The van der Waals surface area contributed by atoms with Gasteiger partial charge in [-0.3, -0.25) is 0 Å². The summed E-state index contributed by atoms with van der Waals surface area (Å²) in [5.74, 6) is 4.02. The Labute approximate surface area is 129 Å². The largest absolute Gasteiger partial charge is 0.309 e. The van der Waals surface area contributed by atoms with Gasteiger partial charge < -0.3 is 10.6 Å². The summed E-state index contributed by atoms with van der Waals surface area (Å²) < 4.78 is 0. The zero-order valence-corrected chi connectivity index (χ0v) is 13.4. The summed E-state index contributed by atoms with van der Waals surface area (Å²) in [5.41, 5.74) is 0. The van der Waals surface area contributed by atoms with E-state index in [1.165, 1.54) is 57.8 Å². The molecule has 2 nitrogen and oxygen atoms in total. The highest BCUT2D eigenvalue weighted by atomic mass is 15.1. The van der Waals surface area contributed by atoms with Gasteiger partial charge in [0.2, 0.25) is 0 Å². The van der Waals surface area contributed by atoms with Crippen molar-refractivity contribution < 1.29 is 0 Å². The Morgan fingerprint density at radius 1 is 0.476 bits per heavy atom. The van der Waals surface area contributed by atoms with Crippen molar-refractivity contribution in [2.45, 2.75) is 94.8 Å². The van der Waals surface area contributed by atoms with E-state index in [-0.39, 0.29) is 0 Å². The number of rotatable bonds is 0. The number of piperidine rings is 2. The summed E-state index contributed by atoms with van der Waals surface area (Å²) in [5, 5.41) is 8.30. The quantitative estimate of drug-likeness (QED) is 0.713. The van der Waals surface area contributed by atoms with E-state index in [0.717, 1.165) is 47.8 Å². The Balaban J connectivity index is 1.34. The number of hydrogen-bond donors (Lipinski definition) is 2. The summed E-state index contributed by atoms with van der Waals surface area (Å²) in [6.07, 6.45) is 16.5. The first-order valence-electron chi connectivity index (χ1n) is 9.90. The highest BCUT2D eigenvalue weighted by Crippen LogP contribution is 2.48. The average molecular weight is 288 g/mol. The van der Waals surface area contributed by atoms with Crippen LogP contribution in [-0.2, 0) is 0 Å². The average Bonchev–Trinajstić information content (AvgIpc) is 2.87. The van der Waals surface area contributed by atoms with Crippen LogP contribution in [0.1, 0.15) is 70.6 Å². The van der Waals surface area contributed by atoms with Gasteiger partial charge in [-0.1, -0.05) is 25.7 Å². The summed E-state index contributed by atoms with van der Waals surface area (Å²) in [4.78, 5) is 0. The Morgan fingerprint density at radius 3 is 1.43 bits per heavy atom. The molecule has 2 heteroatoms. The van der Waals surface area contributed by atoms with Crippen molar-refractivity contribution in [3.8, 4) is 0 Å². The predicted octanol–water partition coefficient (Wildman–Crippen LogP) is 3.46. The fourth-order valence-electron chi connectivity index (χ4n) is 6.92. The van der Waals surface area contributed by atoms with Crippen LogP contribution < -0.4 is 10.6 Å². The molecule has 2 heterocycles. The van der Waals surface area contributed by atoms with E-state index >= 15 is 0 Å². The van der Waals surface area contributed by atoms with Gasteiger partial charge in [-0.15, -0.1) is 0 Å². The lowest BCUT2D eigenvalue weighted by molar-refractivity contribution is 0.103. The van der Waals surface area contributed by atoms with E-state index in [1.54, 1.807) is 12.8 Å². The van der Waals surface area contributed by atoms with Crippen LogP contribution in [0.25, 0.3) is 0 Å². The molecule has 21 heavy (non-hydrogen) atoms. The monoisotopic (exact) mass is 288 g/mol. The van der Waals surface area contributed by atoms with Gasteiger partial charge in [0.05, 0.1) is 0 Å². The summed E-state index contributed by atoms with van der Waals surface area (Å²) >= 11 is 0. The van der Waals surface area contributed by atoms with Gasteiger partial charge in [-0.25, -0.2) is 0 Å².